The lowest BCUT2D eigenvalue weighted by Gasteiger charge is -2.38. The van der Waals surface area contributed by atoms with Crippen LogP contribution in [0.15, 0.2) is 65.3 Å². The van der Waals surface area contributed by atoms with Gasteiger partial charge in [-0.2, -0.15) is 0 Å². The average Bonchev–Trinajstić information content (AvgIpc) is 3.39. The van der Waals surface area contributed by atoms with Crippen molar-refractivity contribution in [1.82, 2.24) is 14.7 Å². The average molecular weight is 432 g/mol. The van der Waals surface area contributed by atoms with Gasteiger partial charge in [-0.1, -0.05) is 42.5 Å². The van der Waals surface area contributed by atoms with Gasteiger partial charge in [-0.25, -0.2) is 0 Å². The molecule has 32 heavy (non-hydrogen) atoms. The molecule has 166 valence electrons. The van der Waals surface area contributed by atoms with Gasteiger partial charge in [0.1, 0.15) is 0 Å². The maximum Gasteiger partial charge on any atom is 0.289 e. The number of carbonyl (C=O) groups excluding carboxylic acids is 2. The summed E-state index contributed by atoms with van der Waals surface area (Å²) in [6.45, 7) is 5.46. The summed E-state index contributed by atoms with van der Waals surface area (Å²) in [6.07, 6.45) is 2.96. The van der Waals surface area contributed by atoms with Crippen molar-refractivity contribution < 1.29 is 14.0 Å². The summed E-state index contributed by atoms with van der Waals surface area (Å²) in [7, 11) is 0. The van der Waals surface area contributed by atoms with Crippen molar-refractivity contribution in [2.45, 2.75) is 19.4 Å². The highest BCUT2D eigenvalue weighted by Gasteiger charge is 2.32. The number of hydrogen-bond donors (Lipinski definition) is 0. The minimum absolute atomic E-state index is 0.0141. The number of fused-ring (bicyclic) bond motifs is 1. The maximum atomic E-state index is 13.1. The van der Waals surface area contributed by atoms with Gasteiger partial charge >= 0.3 is 0 Å². The molecule has 0 radical (unpaired) electrons. The summed E-state index contributed by atoms with van der Waals surface area (Å²) in [5, 5.41) is 2.58. The Labute approximate surface area is 188 Å². The molecule has 0 unspecified atom stereocenters. The normalized spacial score (nSPS) is 18.2. The molecule has 1 aromatic heterocycles. The maximum absolute atomic E-state index is 13.1. The number of piperidine rings is 1. The molecule has 2 fully saturated rings. The molecule has 3 aromatic rings. The molecule has 0 spiro atoms. The summed E-state index contributed by atoms with van der Waals surface area (Å²) < 4.78 is 5.22. The van der Waals surface area contributed by atoms with E-state index in [0.717, 1.165) is 45.6 Å². The summed E-state index contributed by atoms with van der Waals surface area (Å²) in [5.41, 5.74) is 1.34. The van der Waals surface area contributed by atoms with E-state index in [2.05, 4.69) is 47.4 Å². The third kappa shape index (κ3) is 4.28. The van der Waals surface area contributed by atoms with Crippen LogP contribution in [0.2, 0.25) is 0 Å². The minimum Gasteiger partial charge on any atom is -0.459 e. The highest BCUT2D eigenvalue weighted by molar-refractivity contribution is 5.91. The standard InChI is InChI=1S/C26H29N3O3/c30-25(21-10-12-28(13-11-21)26(31)24-9-4-18-32-24)29-16-14-27(15-17-29)19-22-7-3-6-20-5-1-2-8-23(20)22/h1-9,18,21H,10-17,19H2. The summed E-state index contributed by atoms with van der Waals surface area (Å²) in [6, 6.07) is 18.4. The van der Waals surface area contributed by atoms with E-state index in [-0.39, 0.29) is 17.7 Å². The van der Waals surface area contributed by atoms with Crippen LogP contribution in [0.5, 0.6) is 0 Å². The second kappa shape index (κ2) is 9.17. The smallest absolute Gasteiger partial charge is 0.289 e. The predicted molar refractivity (Wildman–Crippen MR) is 123 cm³/mol. The van der Waals surface area contributed by atoms with Crippen molar-refractivity contribution in [3.8, 4) is 0 Å². The van der Waals surface area contributed by atoms with Crippen LogP contribution in [-0.2, 0) is 11.3 Å². The molecule has 0 atom stereocenters. The first-order chi connectivity index (χ1) is 15.7. The number of hydrogen-bond acceptors (Lipinski definition) is 4. The number of likely N-dealkylation sites (tertiary alicyclic amines) is 1. The zero-order valence-corrected chi connectivity index (χ0v) is 18.3. The molecule has 3 heterocycles. The Morgan fingerprint density at radius 3 is 2.31 bits per heavy atom. The topological polar surface area (TPSA) is 57.0 Å². The second-order valence-corrected chi connectivity index (χ2v) is 8.78. The number of furan rings is 1. The Bertz CT molecular complexity index is 1070. The van der Waals surface area contributed by atoms with E-state index in [1.807, 2.05) is 4.90 Å². The first-order valence-corrected chi connectivity index (χ1v) is 11.5. The van der Waals surface area contributed by atoms with Gasteiger partial charge in [0.05, 0.1) is 6.26 Å². The van der Waals surface area contributed by atoms with Crippen molar-refractivity contribution in [1.29, 1.82) is 0 Å². The molecule has 0 bridgehead atoms. The quantitative estimate of drug-likeness (QED) is 0.633. The van der Waals surface area contributed by atoms with Crippen molar-refractivity contribution in [2.24, 2.45) is 5.92 Å². The van der Waals surface area contributed by atoms with E-state index in [0.29, 0.717) is 18.8 Å². The Kier molecular flexibility index (Phi) is 5.95. The minimum atomic E-state index is -0.0806. The molecular weight excluding hydrogens is 402 g/mol. The summed E-state index contributed by atoms with van der Waals surface area (Å²) in [4.78, 5) is 31.8. The lowest BCUT2D eigenvalue weighted by molar-refractivity contribution is -0.138. The Hall–Kier alpha value is -3.12. The van der Waals surface area contributed by atoms with E-state index >= 15 is 0 Å². The van der Waals surface area contributed by atoms with Gasteiger partial charge in [0, 0.05) is 51.7 Å². The lowest BCUT2D eigenvalue weighted by Crippen LogP contribution is -2.51. The number of piperazine rings is 1. The van der Waals surface area contributed by atoms with Gasteiger partial charge in [0.25, 0.3) is 5.91 Å². The van der Waals surface area contributed by atoms with E-state index < -0.39 is 0 Å². The van der Waals surface area contributed by atoms with E-state index in [9.17, 15) is 9.59 Å². The van der Waals surface area contributed by atoms with Gasteiger partial charge in [-0.05, 0) is 41.3 Å². The number of benzene rings is 2. The van der Waals surface area contributed by atoms with Crippen molar-refractivity contribution in [3.05, 3.63) is 72.2 Å². The fraction of sp³-hybridized carbons (Fsp3) is 0.385. The molecule has 2 aliphatic heterocycles. The Balaban J connectivity index is 1.12. The lowest BCUT2D eigenvalue weighted by atomic mass is 9.94. The van der Waals surface area contributed by atoms with E-state index in [1.54, 1.807) is 17.0 Å². The van der Waals surface area contributed by atoms with Crippen molar-refractivity contribution in [2.75, 3.05) is 39.3 Å². The largest absolute Gasteiger partial charge is 0.459 e. The molecule has 6 heteroatoms. The molecule has 5 rings (SSSR count). The SMILES string of the molecule is O=C(c1ccco1)N1CCC(C(=O)N2CCN(Cc3cccc4ccccc34)CC2)CC1. The molecule has 2 aromatic carbocycles. The van der Waals surface area contributed by atoms with Crippen LogP contribution in [0.4, 0.5) is 0 Å². The molecule has 0 aliphatic carbocycles. The number of rotatable bonds is 4. The fourth-order valence-electron chi connectivity index (χ4n) is 4.94. The zero-order valence-electron chi connectivity index (χ0n) is 18.3. The summed E-state index contributed by atoms with van der Waals surface area (Å²) >= 11 is 0. The van der Waals surface area contributed by atoms with Crippen LogP contribution in [0, 0.1) is 5.92 Å². The van der Waals surface area contributed by atoms with Crippen LogP contribution < -0.4 is 0 Å². The van der Waals surface area contributed by atoms with Crippen LogP contribution in [0.1, 0.15) is 29.0 Å². The van der Waals surface area contributed by atoms with Crippen molar-refractivity contribution in [3.63, 3.8) is 0 Å². The van der Waals surface area contributed by atoms with Gasteiger partial charge < -0.3 is 14.2 Å². The van der Waals surface area contributed by atoms with Gasteiger partial charge in [-0.15, -0.1) is 0 Å². The third-order valence-corrected chi connectivity index (χ3v) is 6.82. The first kappa shape index (κ1) is 20.8. The summed E-state index contributed by atoms with van der Waals surface area (Å²) in [5.74, 6) is 0.556. The molecule has 0 saturated carbocycles. The molecular formula is C26H29N3O3. The highest BCUT2D eigenvalue weighted by Crippen LogP contribution is 2.24. The molecule has 0 N–H and O–H groups in total. The zero-order chi connectivity index (χ0) is 21.9. The molecule has 2 aliphatic rings. The number of carbonyl (C=O) groups is 2. The van der Waals surface area contributed by atoms with Gasteiger partial charge in [0.15, 0.2) is 5.76 Å². The Morgan fingerprint density at radius 1 is 0.812 bits per heavy atom. The Morgan fingerprint density at radius 2 is 1.56 bits per heavy atom. The van der Waals surface area contributed by atoms with Crippen LogP contribution in [-0.4, -0.2) is 65.8 Å². The number of nitrogens with zero attached hydrogens (tertiary/aromatic N) is 3. The van der Waals surface area contributed by atoms with E-state index in [4.69, 9.17) is 4.42 Å². The molecule has 2 saturated heterocycles. The van der Waals surface area contributed by atoms with E-state index in [1.165, 1.54) is 22.6 Å². The number of amides is 2. The van der Waals surface area contributed by atoms with Gasteiger partial charge in [-0.3, -0.25) is 14.5 Å². The van der Waals surface area contributed by atoms with Crippen molar-refractivity contribution >= 4 is 22.6 Å². The first-order valence-electron chi connectivity index (χ1n) is 11.5. The predicted octanol–water partition coefficient (Wildman–Crippen LogP) is 3.63. The molecule has 2 amide bonds. The third-order valence-electron chi connectivity index (χ3n) is 6.82. The van der Waals surface area contributed by atoms with Crippen LogP contribution in [0.25, 0.3) is 10.8 Å². The second-order valence-electron chi connectivity index (χ2n) is 8.78. The fourth-order valence-corrected chi connectivity index (χ4v) is 4.94. The monoisotopic (exact) mass is 431 g/mol. The van der Waals surface area contributed by atoms with Gasteiger partial charge in [0.2, 0.25) is 5.91 Å². The van der Waals surface area contributed by atoms with Crippen LogP contribution >= 0.6 is 0 Å². The highest BCUT2D eigenvalue weighted by atomic mass is 16.3. The van der Waals surface area contributed by atoms with Crippen LogP contribution in [0.3, 0.4) is 0 Å². The molecule has 6 nitrogen and oxygen atoms in total.